The van der Waals surface area contributed by atoms with Crippen molar-refractivity contribution in [1.82, 2.24) is 10.0 Å². The second-order valence-corrected chi connectivity index (χ2v) is 9.35. The van der Waals surface area contributed by atoms with Crippen LogP contribution in [0.5, 0.6) is 5.75 Å². The Labute approximate surface area is 193 Å². The number of benzene rings is 2. The molecule has 174 valence electrons. The van der Waals surface area contributed by atoms with Gasteiger partial charge in [-0.05, 0) is 56.7 Å². The number of sulfonamides is 1. The molecule has 10 heteroatoms. The van der Waals surface area contributed by atoms with Crippen molar-refractivity contribution in [3.05, 3.63) is 58.6 Å². The van der Waals surface area contributed by atoms with Gasteiger partial charge in [-0.2, -0.15) is 0 Å². The second kappa shape index (κ2) is 11.3. The lowest BCUT2D eigenvalue weighted by atomic mass is 10.0. The molecule has 2 aromatic rings. The molecule has 0 bridgehead atoms. The quantitative estimate of drug-likeness (QED) is 0.502. The van der Waals surface area contributed by atoms with Crippen molar-refractivity contribution < 1.29 is 27.5 Å². The lowest BCUT2D eigenvalue weighted by Gasteiger charge is -2.20. The van der Waals surface area contributed by atoms with Crippen LogP contribution in [-0.2, 0) is 19.6 Å². The van der Waals surface area contributed by atoms with Crippen LogP contribution in [0.2, 0.25) is 5.02 Å². The number of hydrogen-bond acceptors (Lipinski definition) is 6. The average Bonchev–Trinajstić information content (AvgIpc) is 2.72. The molecule has 0 radical (unpaired) electrons. The first-order chi connectivity index (χ1) is 15.1. The summed E-state index contributed by atoms with van der Waals surface area (Å²) in [5, 5.41) is 2.83. The molecule has 0 aromatic heterocycles. The van der Waals surface area contributed by atoms with Crippen LogP contribution in [0, 0.1) is 0 Å². The van der Waals surface area contributed by atoms with E-state index in [2.05, 4.69) is 10.0 Å². The molecule has 2 aromatic carbocycles. The minimum absolute atomic E-state index is 0.0324. The van der Waals surface area contributed by atoms with Crippen LogP contribution in [0.3, 0.4) is 0 Å². The van der Waals surface area contributed by atoms with Crippen LogP contribution < -0.4 is 14.8 Å². The molecule has 0 fully saturated rings. The highest BCUT2D eigenvalue weighted by molar-refractivity contribution is 7.89. The third kappa shape index (κ3) is 6.94. The Hall–Kier alpha value is -2.62. The largest absolute Gasteiger partial charge is 0.497 e. The fourth-order valence-electron chi connectivity index (χ4n) is 2.96. The number of nitrogens with one attached hydrogen (secondary N) is 2. The number of hydrogen-bond donors (Lipinski definition) is 2. The molecule has 0 aliphatic heterocycles. The first-order valence-electron chi connectivity index (χ1n) is 9.99. The van der Waals surface area contributed by atoms with E-state index >= 15 is 0 Å². The maximum atomic E-state index is 13.1. The molecule has 0 aliphatic carbocycles. The molecule has 2 N–H and O–H groups in total. The minimum Gasteiger partial charge on any atom is -0.497 e. The standard InChI is InChI=1S/C22H27ClN2O6S/c1-5-31-21(26)13-20(15-7-6-8-16(11-15)30-4)24-22(27)18-12-17(9-10-19(18)23)32(28,29)25-14(2)3/h6-12,14,20,25H,5,13H2,1-4H3,(H,24,27). The zero-order valence-corrected chi connectivity index (χ0v) is 19.9. The van der Waals surface area contributed by atoms with E-state index in [0.717, 1.165) is 0 Å². The van der Waals surface area contributed by atoms with Crippen molar-refractivity contribution in [1.29, 1.82) is 0 Å². The van der Waals surface area contributed by atoms with Crippen molar-refractivity contribution in [2.75, 3.05) is 13.7 Å². The molecule has 0 heterocycles. The van der Waals surface area contributed by atoms with Crippen molar-refractivity contribution in [3.8, 4) is 5.75 Å². The van der Waals surface area contributed by atoms with Crippen molar-refractivity contribution in [2.24, 2.45) is 0 Å². The fraction of sp³-hybridized carbons (Fsp3) is 0.364. The molecule has 1 atom stereocenters. The molecule has 0 saturated carbocycles. The van der Waals surface area contributed by atoms with Crippen LogP contribution >= 0.6 is 11.6 Å². The number of halogens is 1. The monoisotopic (exact) mass is 482 g/mol. The van der Waals surface area contributed by atoms with E-state index < -0.39 is 27.9 Å². The molecule has 1 unspecified atom stereocenters. The summed E-state index contributed by atoms with van der Waals surface area (Å²) in [5.74, 6) is -0.575. The summed E-state index contributed by atoms with van der Waals surface area (Å²) in [6, 6.07) is 9.70. The first-order valence-corrected chi connectivity index (χ1v) is 11.9. The van der Waals surface area contributed by atoms with E-state index in [0.29, 0.717) is 11.3 Å². The second-order valence-electron chi connectivity index (χ2n) is 7.23. The van der Waals surface area contributed by atoms with Gasteiger partial charge in [-0.3, -0.25) is 9.59 Å². The zero-order chi connectivity index (χ0) is 23.9. The van der Waals surface area contributed by atoms with Crippen molar-refractivity contribution >= 4 is 33.5 Å². The smallest absolute Gasteiger partial charge is 0.308 e. The Morgan fingerprint density at radius 3 is 2.47 bits per heavy atom. The maximum Gasteiger partial charge on any atom is 0.308 e. The number of esters is 1. The molecular weight excluding hydrogens is 456 g/mol. The van der Waals surface area contributed by atoms with Gasteiger partial charge in [-0.25, -0.2) is 13.1 Å². The van der Waals surface area contributed by atoms with Gasteiger partial charge < -0.3 is 14.8 Å². The first kappa shape index (κ1) is 25.6. The molecule has 1 amide bonds. The van der Waals surface area contributed by atoms with Gasteiger partial charge in [0.15, 0.2) is 0 Å². The molecular formula is C22H27ClN2O6S. The van der Waals surface area contributed by atoms with Crippen LogP contribution in [0.15, 0.2) is 47.4 Å². The summed E-state index contributed by atoms with van der Waals surface area (Å²) in [6.07, 6.45) is -0.128. The number of carbonyl (C=O) groups excluding carboxylic acids is 2. The van der Waals surface area contributed by atoms with Gasteiger partial charge >= 0.3 is 5.97 Å². The van der Waals surface area contributed by atoms with E-state index in [1.54, 1.807) is 45.0 Å². The van der Waals surface area contributed by atoms with Gasteiger partial charge in [0.1, 0.15) is 5.75 Å². The Balaban J connectivity index is 2.38. The maximum absolute atomic E-state index is 13.1. The molecule has 0 saturated heterocycles. The van der Waals surface area contributed by atoms with E-state index in [1.165, 1.54) is 25.3 Å². The van der Waals surface area contributed by atoms with Gasteiger partial charge in [-0.15, -0.1) is 0 Å². The molecule has 32 heavy (non-hydrogen) atoms. The zero-order valence-electron chi connectivity index (χ0n) is 18.3. The Morgan fingerprint density at radius 1 is 1.12 bits per heavy atom. The molecule has 8 nitrogen and oxygen atoms in total. The SMILES string of the molecule is CCOC(=O)CC(NC(=O)c1cc(S(=O)(=O)NC(C)C)ccc1Cl)c1cccc(OC)c1. The summed E-state index contributed by atoms with van der Waals surface area (Å²) in [4.78, 5) is 25.1. The average molecular weight is 483 g/mol. The number of rotatable bonds is 10. The normalized spacial score (nSPS) is 12.3. The van der Waals surface area contributed by atoms with E-state index in [-0.39, 0.29) is 34.6 Å². The predicted molar refractivity (Wildman–Crippen MR) is 121 cm³/mol. The summed E-state index contributed by atoms with van der Waals surface area (Å²) in [6.45, 7) is 5.27. The number of carbonyl (C=O) groups is 2. The number of ether oxygens (including phenoxy) is 2. The molecule has 0 spiro atoms. The van der Waals surface area contributed by atoms with Crippen molar-refractivity contribution in [2.45, 2.75) is 44.2 Å². The third-order valence-corrected chi connectivity index (χ3v) is 6.35. The highest BCUT2D eigenvalue weighted by Gasteiger charge is 2.24. The van der Waals surface area contributed by atoms with Crippen molar-refractivity contribution in [3.63, 3.8) is 0 Å². The highest BCUT2D eigenvalue weighted by atomic mass is 35.5. The van der Waals surface area contributed by atoms with Crippen LogP contribution in [0.1, 0.15) is 49.2 Å². The summed E-state index contributed by atoms with van der Waals surface area (Å²) in [5.41, 5.74) is 0.585. The Kier molecular flexibility index (Phi) is 9.06. The van der Waals surface area contributed by atoms with E-state index in [4.69, 9.17) is 21.1 Å². The predicted octanol–water partition coefficient (Wildman–Crippen LogP) is 3.46. The molecule has 2 rings (SSSR count). The van der Waals surface area contributed by atoms with E-state index in [9.17, 15) is 18.0 Å². The highest BCUT2D eigenvalue weighted by Crippen LogP contribution is 2.25. The Morgan fingerprint density at radius 2 is 1.84 bits per heavy atom. The minimum atomic E-state index is -3.83. The number of amides is 1. The van der Waals surface area contributed by atoms with Crippen LogP contribution in [-0.4, -0.2) is 40.1 Å². The lowest BCUT2D eigenvalue weighted by Crippen LogP contribution is -2.32. The fourth-order valence-corrected chi connectivity index (χ4v) is 4.44. The van der Waals surface area contributed by atoms with Gasteiger partial charge in [0.25, 0.3) is 5.91 Å². The van der Waals surface area contributed by atoms with Crippen LogP contribution in [0.25, 0.3) is 0 Å². The third-order valence-electron chi connectivity index (χ3n) is 4.36. The molecule has 0 aliphatic rings. The summed E-state index contributed by atoms with van der Waals surface area (Å²) in [7, 11) is -2.32. The van der Waals surface area contributed by atoms with Gasteiger partial charge in [-0.1, -0.05) is 23.7 Å². The van der Waals surface area contributed by atoms with Gasteiger partial charge in [0, 0.05) is 6.04 Å². The van der Waals surface area contributed by atoms with Gasteiger partial charge in [0.05, 0.1) is 41.7 Å². The van der Waals surface area contributed by atoms with Gasteiger partial charge in [0.2, 0.25) is 10.0 Å². The van der Waals surface area contributed by atoms with Crippen LogP contribution in [0.4, 0.5) is 0 Å². The topological polar surface area (TPSA) is 111 Å². The summed E-state index contributed by atoms with van der Waals surface area (Å²) >= 11 is 6.19. The Bertz CT molecular complexity index is 1070. The number of methoxy groups -OCH3 is 1. The lowest BCUT2D eigenvalue weighted by molar-refractivity contribution is -0.143. The van der Waals surface area contributed by atoms with E-state index in [1.807, 2.05) is 0 Å². The summed E-state index contributed by atoms with van der Waals surface area (Å²) < 4.78 is 37.7.